The Bertz CT molecular complexity index is 1090. The van der Waals surface area contributed by atoms with Crippen LogP contribution < -0.4 is 5.32 Å². The number of hydrogen-bond donors (Lipinski definition) is 1. The van der Waals surface area contributed by atoms with E-state index < -0.39 is 9.84 Å². The second-order valence-electron chi connectivity index (χ2n) is 6.02. The first-order valence-corrected chi connectivity index (χ1v) is 10.3. The lowest BCUT2D eigenvalue weighted by molar-refractivity contribution is -0.116. The summed E-state index contributed by atoms with van der Waals surface area (Å²) in [5.74, 6) is -1.03. The topological polar surface area (TPSA) is 63.2 Å². The van der Waals surface area contributed by atoms with E-state index in [9.17, 15) is 17.6 Å². The van der Waals surface area contributed by atoms with Crippen molar-refractivity contribution >= 4 is 32.8 Å². The number of halogens is 1. The van der Waals surface area contributed by atoms with Gasteiger partial charge in [-0.3, -0.25) is 4.79 Å². The van der Waals surface area contributed by atoms with Gasteiger partial charge >= 0.3 is 0 Å². The van der Waals surface area contributed by atoms with Gasteiger partial charge in [0.15, 0.2) is 0 Å². The van der Waals surface area contributed by atoms with Crippen LogP contribution in [0.4, 0.5) is 10.1 Å². The van der Waals surface area contributed by atoms with Gasteiger partial charge in [0.05, 0.1) is 10.6 Å². The van der Waals surface area contributed by atoms with Crippen LogP contribution in [0, 0.1) is 5.82 Å². The lowest BCUT2D eigenvalue weighted by Gasteiger charge is -2.23. The van der Waals surface area contributed by atoms with Crippen molar-refractivity contribution in [3.05, 3.63) is 76.2 Å². The summed E-state index contributed by atoms with van der Waals surface area (Å²) in [4.78, 5) is 13.2. The second-order valence-corrected chi connectivity index (χ2v) is 8.84. The maximum absolute atomic E-state index is 13.6. The molecule has 0 unspecified atom stereocenters. The van der Waals surface area contributed by atoms with Crippen LogP contribution in [0.2, 0.25) is 0 Å². The number of carbonyl (C=O) groups excluding carboxylic acids is 1. The van der Waals surface area contributed by atoms with E-state index in [1.807, 2.05) is 0 Å². The molecule has 4 rings (SSSR count). The summed E-state index contributed by atoms with van der Waals surface area (Å²) >= 11 is 1.27. The first kappa shape index (κ1) is 16.9. The Morgan fingerprint density at radius 2 is 1.85 bits per heavy atom. The molecule has 0 saturated carbocycles. The monoisotopic (exact) mass is 387 g/mol. The van der Waals surface area contributed by atoms with E-state index in [4.69, 9.17) is 0 Å². The van der Waals surface area contributed by atoms with Crippen molar-refractivity contribution in [3.8, 4) is 0 Å². The minimum atomic E-state index is -3.75. The van der Waals surface area contributed by atoms with Crippen LogP contribution in [0.25, 0.3) is 0 Å². The zero-order valence-corrected chi connectivity index (χ0v) is 15.1. The highest BCUT2D eigenvalue weighted by Crippen LogP contribution is 2.45. The molecular weight excluding hydrogens is 373 g/mol. The fourth-order valence-corrected chi connectivity index (χ4v) is 6.05. The zero-order chi connectivity index (χ0) is 18.3. The highest BCUT2D eigenvalue weighted by molar-refractivity contribution is 7.91. The molecule has 1 aromatic heterocycles. The molecule has 26 heavy (non-hydrogen) atoms. The Labute approximate surface area is 154 Å². The molecular formula is C19H14FNO3S2. The summed E-state index contributed by atoms with van der Waals surface area (Å²) < 4.78 is 39.6. The molecule has 0 saturated heterocycles. The van der Waals surface area contributed by atoms with Crippen molar-refractivity contribution < 1.29 is 17.6 Å². The predicted octanol–water partition coefficient (Wildman–Crippen LogP) is 4.19. The Morgan fingerprint density at radius 3 is 2.58 bits per heavy atom. The summed E-state index contributed by atoms with van der Waals surface area (Å²) in [5, 5.41) is 4.24. The van der Waals surface area contributed by atoms with Gasteiger partial charge in [0.25, 0.3) is 0 Å². The minimum absolute atomic E-state index is 0.0816. The normalized spacial score (nSPS) is 16.8. The van der Waals surface area contributed by atoms with Crippen molar-refractivity contribution in [3.63, 3.8) is 0 Å². The molecule has 1 aliphatic heterocycles. The van der Waals surface area contributed by atoms with Gasteiger partial charge in [0, 0.05) is 22.6 Å². The zero-order valence-electron chi connectivity index (χ0n) is 13.5. The van der Waals surface area contributed by atoms with Gasteiger partial charge in [-0.15, -0.1) is 11.3 Å². The van der Waals surface area contributed by atoms with E-state index >= 15 is 0 Å². The van der Waals surface area contributed by atoms with Gasteiger partial charge in [0.2, 0.25) is 15.7 Å². The molecule has 1 N–H and O–H groups in total. The molecule has 0 spiro atoms. The largest absolute Gasteiger partial charge is 0.324 e. The Morgan fingerprint density at radius 1 is 1.08 bits per heavy atom. The molecule has 7 heteroatoms. The molecule has 1 aliphatic rings. The Hall–Kier alpha value is -2.51. The van der Waals surface area contributed by atoms with E-state index in [1.54, 1.807) is 35.7 Å². The number of benzene rings is 2. The van der Waals surface area contributed by atoms with Crippen LogP contribution in [0.1, 0.15) is 22.8 Å². The molecule has 0 radical (unpaired) electrons. The average molecular weight is 387 g/mol. The fourth-order valence-electron chi connectivity index (χ4n) is 3.12. The third-order valence-corrected chi connectivity index (χ3v) is 7.39. The quantitative estimate of drug-likeness (QED) is 0.733. The molecule has 1 amide bonds. The van der Waals surface area contributed by atoms with E-state index in [2.05, 4.69) is 5.32 Å². The number of carbonyl (C=O) groups is 1. The van der Waals surface area contributed by atoms with Gasteiger partial charge in [-0.2, -0.15) is 0 Å². The van der Waals surface area contributed by atoms with Gasteiger partial charge in [0.1, 0.15) is 10.7 Å². The standard InChI is InChI=1S/C19H14FNO3S2/c20-13-6-4-5-12(9-13)15-10-17(22)21-18-16(11-25-19(15)18)26(23,24)14-7-2-1-3-8-14/h1-9,11,15H,10H2,(H,21,22)/t15-/m1/s1. The summed E-state index contributed by atoms with van der Waals surface area (Å²) in [6.07, 6.45) is 0.155. The third kappa shape index (κ3) is 2.83. The number of hydrogen-bond acceptors (Lipinski definition) is 4. The van der Waals surface area contributed by atoms with E-state index in [0.29, 0.717) is 11.3 Å². The smallest absolute Gasteiger partial charge is 0.225 e. The fraction of sp³-hybridized carbons (Fsp3) is 0.105. The second kappa shape index (κ2) is 6.34. The van der Waals surface area contributed by atoms with Crippen LogP contribution >= 0.6 is 11.3 Å². The van der Waals surface area contributed by atoms with Crippen molar-refractivity contribution in [2.75, 3.05) is 5.32 Å². The summed E-state index contributed by atoms with van der Waals surface area (Å²) in [6.45, 7) is 0. The van der Waals surface area contributed by atoms with Crippen molar-refractivity contribution in [2.45, 2.75) is 22.1 Å². The van der Waals surface area contributed by atoms with E-state index in [1.165, 1.54) is 35.6 Å². The molecule has 4 nitrogen and oxygen atoms in total. The number of sulfone groups is 1. The number of rotatable bonds is 3. The molecule has 2 heterocycles. The molecule has 2 aromatic carbocycles. The maximum Gasteiger partial charge on any atom is 0.225 e. The molecule has 1 atom stereocenters. The SMILES string of the molecule is O=C1C[C@H](c2cccc(F)c2)c2scc(S(=O)(=O)c3ccccc3)c2N1. The molecule has 0 fully saturated rings. The van der Waals surface area contributed by atoms with Crippen LogP contribution in [0.5, 0.6) is 0 Å². The molecule has 132 valence electrons. The molecule has 0 aliphatic carbocycles. The van der Waals surface area contributed by atoms with Crippen LogP contribution in [-0.4, -0.2) is 14.3 Å². The third-order valence-electron chi connectivity index (χ3n) is 4.35. The first-order valence-electron chi connectivity index (χ1n) is 7.93. The maximum atomic E-state index is 13.6. The van der Waals surface area contributed by atoms with Gasteiger partial charge < -0.3 is 5.32 Å². The lowest BCUT2D eigenvalue weighted by Crippen LogP contribution is -2.23. The van der Waals surface area contributed by atoms with Crippen LogP contribution in [0.3, 0.4) is 0 Å². The Balaban J connectivity index is 1.85. The highest BCUT2D eigenvalue weighted by Gasteiger charge is 2.34. The van der Waals surface area contributed by atoms with E-state index in [0.717, 1.165) is 4.88 Å². The van der Waals surface area contributed by atoms with Crippen molar-refractivity contribution in [2.24, 2.45) is 0 Å². The van der Waals surface area contributed by atoms with Gasteiger partial charge in [-0.25, -0.2) is 12.8 Å². The number of thiophene rings is 1. The van der Waals surface area contributed by atoms with Gasteiger partial charge in [-0.05, 0) is 29.8 Å². The van der Waals surface area contributed by atoms with Gasteiger partial charge in [-0.1, -0.05) is 30.3 Å². The molecule has 0 bridgehead atoms. The number of anilines is 1. The number of amides is 1. The first-order chi connectivity index (χ1) is 12.5. The minimum Gasteiger partial charge on any atom is -0.324 e. The highest BCUT2D eigenvalue weighted by atomic mass is 32.2. The van der Waals surface area contributed by atoms with Crippen molar-refractivity contribution in [1.29, 1.82) is 0 Å². The van der Waals surface area contributed by atoms with E-state index in [-0.39, 0.29) is 33.9 Å². The number of fused-ring (bicyclic) bond motifs is 1. The van der Waals surface area contributed by atoms with Crippen molar-refractivity contribution in [1.82, 2.24) is 0 Å². The van der Waals surface area contributed by atoms with Crippen LogP contribution in [-0.2, 0) is 14.6 Å². The lowest BCUT2D eigenvalue weighted by atomic mass is 9.91. The number of nitrogens with one attached hydrogen (secondary N) is 1. The summed E-state index contributed by atoms with van der Waals surface area (Å²) in [6, 6.07) is 14.2. The predicted molar refractivity (Wildman–Crippen MR) is 97.7 cm³/mol. The average Bonchev–Trinajstić information content (AvgIpc) is 3.06. The Kier molecular flexibility index (Phi) is 4.13. The summed E-state index contributed by atoms with van der Waals surface area (Å²) in [7, 11) is -3.75. The summed E-state index contributed by atoms with van der Waals surface area (Å²) in [5.41, 5.74) is 0.968. The molecule has 3 aromatic rings. The van der Waals surface area contributed by atoms with Crippen LogP contribution in [0.15, 0.2) is 69.8 Å².